The zero-order valence-electron chi connectivity index (χ0n) is 14.2. The van der Waals surface area contributed by atoms with Crippen LogP contribution >= 0.6 is 11.8 Å². The minimum absolute atomic E-state index is 0.00361. The summed E-state index contributed by atoms with van der Waals surface area (Å²) in [5, 5.41) is 2.92. The summed E-state index contributed by atoms with van der Waals surface area (Å²) in [6, 6.07) is 11.9. The summed E-state index contributed by atoms with van der Waals surface area (Å²) in [7, 11) is 0. The lowest BCUT2D eigenvalue weighted by atomic mass is 9.98. The summed E-state index contributed by atoms with van der Waals surface area (Å²) in [6.07, 6.45) is 2.48. The van der Waals surface area contributed by atoms with E-state index in [1.54, 1.807) is 11.8 Å². The monoisotopic (exact) mass is 352 g/mol. The first-order chi connectivity index (χ1) is 12.1. The second-order valence-corrected chi connectivity index (χ2v) is 7.69. The zero-order chi connectivity index (χ0) is 17.4. The number of hydrogen-bond donors (Lipinski definition) is 1. The number of nitrogens with zero attached hydrogens (tertiary/aromatic N) is 1. The van der Waals surface area contributed by atoms with Crippen molar-refractivity contribution in [2.75, 3.05) is 22.5 Å². The van der Waals surface area contributed by atoms with Crippen LogP contribution in [0, 0.1) is 6.92 Å². The van der Waals surface area contributed by atoms with Crippen LogP contribution in [0.25, 0.3) is 0 Å². The van der Waals surface area contributed by atoms with Crippen LogP contribution in [0.1, 0.15) is 34.3 Å². The predicted molar refractivity (Wildman–Crippen MR) is 102 cm³/mol. The summed E-state index contributed by atoms with van der Waals surface area (Å²) in [5.74, 6) is 0.774. The summed E-state index contributed by atoms with van der Waals surface area (Å²) in [4.78, 5) is 27.8. The molecule has 0 fully saturated rings. The second-order valence-electron chi connectivity index (χ2n) is 6.55. The molecule has 0 spiro atoms. The summed E-state index contributed by atoms with van der Waals surface area (Å²) in [5.41, 5.74) is 4.83. The van der Waals surface area contributed by atoms with Gasteiger partial charge >= 0.3 is 0 Å². The molecule has 0 aliphatic carbocycles. The molecule has 0 radical (unpaired) electrons. The standard InChI is InChI=1S/C20H20N2O2S/c1-13-4-6-17-14(11-13)3-2-9-22(17)20(24)15-5-7-18-16(12-15)21-19(23)8-10-25-18/h4-7,11-12H,2-3,8-10H2,1H3,(H,21,23). The Hall–Kier alpha value is -2.27. The van der Waals surface area contributed by atoms with E-state index in [9.17, 15) is 9.59 Å². The van der Waals surface area contributed by atoms with Gasteiger partial charge in [-0.25, -0.2) is 0 Å². The van der Waals surface area contributed by atoms with E-state index in [4.69, 9.17) is 0 Å². The molecule has 25 heavy (non-hydrogen) atoms. The molecule has 0 bridgehead atoms. The van der Waals surface area contributed by atoms with Crippen LogP contribution in [0.3, 0.4) is 0 Å². The largest absolute Gasteiger partial charge is 0.325 e. The predicted octanol–water partition coefficient (Wildman–Crippen LogP) is 4.02. The normalized spacial score (nSPS) is 16.5. The molecule has 0 unspecified atom stereocenters. The van der Waals surface area contributed by atoms with E-state index in [-0.39, 0.29) is 11.8 Å². The molecule has 2 aliphatic heterocycles. The molecule has 2 aromatic carbocycles. The number of aryl methyl sites for hydroxylation is 2. The van der Waals surface area contributed by atoms with E-state index >= 15 is 0 Å². The highest BCUT2D eigenvalue weighted by Crippen LogP contribution is 2.33. The molecule has 0 aromatic heterocycles. The van der Waals surface area contributed by atoms with Crippen molar-refractivity contribution >= 4 is 35.0 Å². The molecule has 0 saturated carbocycles. The molecule has 128 valence electrons. The molecule has 4 nitrogen and oxygen atoms in total. The van der Waals surface area contributed by atoms with Gasteiger partial charge in [-0.1, -0.05) is 17.7 Å². The van der Waals surface area contributed by atoms with Crippen molar-refractivity contribution in [2.45, 2.75) is 31.1 Å². The van der Waals surface area contributed by atoms with Gasteiger partial charge < -0.3 is 10.2 Å². The first-order valence-corrected chi connectivity index (χ1v) is 9.58. The summed E-state index contributed by atoms with van der Waals surface area (Å²) >= 11 is 1.65. The van der Waals surface area contributed by atoms with Crippen molar-refractivity contribution in [2.24, 2.45) is 0 Å². The SMILES string of the molecule is Cc1ccc2c(c1)CCCN2C(=O)c1ccc2c(c1)NC(=O)CCS2. The highest BCUT2D eigenvalue weighted by Gasteiger charge is 2.24. The quantitative estimate of drug-likeness (QED) is 0.843. The van der Waals surface area contributed by atoms with E-state index < -0.39 is 0 Å². The molecule has 0 atom stereocenters. The number of nitrogens with one attached hydrogen (secondary N) is 1. The molecule has 2 amide bonds. The minimum atomic E-state index is -0.00361. The maximum absolute atomic E-state index is 13.1. The third-order valence-corrected chi connectivity index (χ3v) is 5.76. The first kappa shape index (κ1) is 16.2. The van der Waals surface area contributed by atoms with Crippen LogP contribution in [0.2, 0.25) is 0 Å². The van der Waals surface area contributed by atoms with Crippen molar-refractivity contribution in [1.82, 2.24) is 0 Å². The van der Waals surface area contributed by atoms with Crippen LogP contribution in [-0.4, -0.2) is 24.1 Å². The molecular formula is C20H20N2O2S. The Labute approximate surface area is 151 Å². The maximum Gasteiger partial charge on any atom is 0.258 e. The zero-order valence-corrected chi connectivity index (χ0v) is 15.0. The average Bonchev–Trinajstić information content (AvgIpc) is 2.80. The van der Waals surface area contributed by atoms with Gasteiger partial charge in [0, 0.05) is 34.9 Å². The Morgan fingerprint density at radius 3 is 2.92 bits per heavy atom. The van der Waals surface area contributed by atoms with Gasteiger partial charge in [-0.05, 0) is 49.6 Å². The number of carbonyl (C=O) groups is 2. The van der Waals surface area contributed by atoms with Crippen molar-refractivity contribution < 1.29 is 9.59 Å². The summed E-state index contributed by atoms with van der Waals surface area (Å²) < 4.78 is 0. The Morgan fingerprint density at radius 1 is 1.16 bits per heavy atom. The van der Waals surface area contributed by atoms with Crippen LogP contribution < -0.4 is 10.2 Å². The van der Waals surface area contributed by atoms with Crippen molar-refractivity contribution in [3.63, 3.8) is 0 Å². The fraction of sp³-hybridized carbons (Fsp3) is 0.300. The van der Waals surface area contributed by atoms with Crippen LogP contribution in [0.5, 0.6) is 0 Å². The Kier molecular flexibility index (Phi) is 4.25. The van der Waals surface area contributed by atoms with Gasteiger partial charge in [0.25, 0.3) is 5.91 Å². The molecule has 4 rings (SSSR count). The van der Waals surface area contributed by atoms with Gasteiger partial charge in [-0.15, -0.1) is 11.8 Å². The Morgan fingerprint density at radius 2 is 2.04 bits per heavy atom. The van der Waals surface area contributed by atoms with Gasteiger partial charge in [0.05, 0.1) is 5.69 Å². The smallest absolute Gasteiger partial charge is 0.258 e. The fourth-order valence-corrected chi connectivity index (χ4v) is 4.38. The van der Waals surface area contributed by atoms with E-state index in [0.29, 0.717) is 12.0 Å². The van der Waals surface area contributed by atoms with Gasteiger partial charge in [0.1, 0.15) is 0 Å². The van der Waals surface area contributed by atoms with Crippen LogP contribution in [-0.2, 0) is 11.2 Å². The number of thioether (sulfide) groups is 1. The third kappa shape index (κ3) is 3.16. The number of hydrogen-bond acceptors (Lipinski definition) is 3. The second kappa shape index (κ2) is 6.56. The molecule has 1 N–H and O–H groups in total. The maximum atomic E-state index is 13.1. The number of amides is 2. The van der Waals surface area contributed by atoms with E-state index in [0.717, 1.165) is 41.4 Å². The van der Waals surface area contributed by atoms with Crippen LogP contribution in [0.15, 0.2) is 41.3 Å². The lowest BCUT2D eigenvalue weighted by Gasteiger charge is -2.30. The highest BCUT2D eigenvalue weighted by atomic mass is 32.2. The van der Waals surface area contributed by atoms with Gasteiger partial charge in [-0.3, -0.25) is 9.59 Å². The lowest BCUT2D eigenvalue weighted by molar-refractivity contribution is -0.115. The van der Waals surface area contributed by atoms with Gasteiger partial charge in [0.2, 0.25) is 5.91 Å². The van der Waals surface area contributed by atoms with E-state index in [1.807, 2.05) is 29.2 Å². The number of fused-ring (bicyclic) bond motifs is 2. The minimum Gasteiger partial charge on any atom is -0.325 e. The van der Waals surface area contributed by atoms with E-state index in [2.05, 4.69) is 24.4 Å². The van der Waals surface area contributed by atoms with Crippen molar-refractivity contribution in [3.05, 3.63) is 53.1 Å². The number of anilines is 2. The first-order valence-electron chi connectivity index (χ1n) is 8.60. The molecule has 2 aromatic rings. The highest BCUT2D eigenvalue weighted by molar-refractivity contribution is 7.99. The molecule has 0 saturated heterocycles. The van der Waals surface area contributed by atoms with Crippen LogP contribution in [0.4, 0.5) is 11.4 Å². The van der Waals surface area contributed by atoms with E-state index in [1.165, 1.54) is 11.1 Å². The van der Waals surface area contributed by atoms with Crippen molar-refractivity contribution in [1.29, 1.82) is 0 Å². The Balaban J connectivity index is 1.67. The van der Waals surface area contributed by atoms with Crippen molar-refractivity contribution in [3.8, 4) is 0 Å². The number of benzene rings is 2. The molecule has 2 heterocycles. The topological polar surface area (TPSA) is 49.4 Å². The van der Waals surface area contributed by atoms with Gasteiger partial charge in [0.15, 0.2) is 0 Å². The number of rotatable bonds is 1. The average molecular weight is 352 g/mol. The third-order valence-electron chi connectivity index (χ3n) is 4.69. The van der Waals surface area contributed by atoms with Gasteiger partial charge in [-0.2, -0.15) is 0 Å². The molecular weight excluding hydrogens is 332 g/mol. The number of carbonyl (C=O) groups excluding carboxylic acids is 2. The summed E-state index contributed by atoms with van der Waals surface area (Å²) in [6.45, 7) is 2.81. The fourth-order valence-electron chi connectivity index (χ4n) is 3.45. The molecule has 2 aliphatic rings. The Bertz CT molecular complexity index is 863. The lowest BCUT2D eigenvalue weighted by Crippen LogP contribution is -2.35. The molecule has 5 heteroatoms.